The number of hydrogen-bond donors (Lipinski definition) is 0. The van der Waals surface area contributed by atoms with Crippen LogP contribution in [0.3, 0.4) is 0 Å². The third kappa shape index (κ3) is 2.39. The van der Waals surface area contributed by atoms with E-state index in [2.05, 4.69) is 9.90 Å². The van der Waals surface area contributed by atoms with Gasteiger partial charge in [0.25, 0.3) is 0 Å². The molecule has 0 bridgehead atoms. The molecule has 0 aromatic heterocycles. The molecule has 0 atom stereocenters. The Kier molecular flexibility index (Phi) is 3.94. The molecule has 0 aromatic rings. The first-order valence-corrected chi connectivity index (χ1v) is 2.01. The van der Waals surface area contributed by atoms with E-state index in [-0.39, 0.29) is 8.41 Å². The summed E-state index contributed by atoms with van der Waals surface area (Å²) in [5.41, 5.74) is 0. The first-order chi connectivity index (χ1) is 3.50. The van der Waals surface area contributed by atoms with Crippen LogP contribution in [0.1, 0.15) is 0 Å². The van der Waals surface area contributed by atoms with Crippen LogP contribution in [0.4, 0.5) is 0 Å². The van der Waals surface area contributed by atoms with Crippen molar-refractivity contribution in [2.75, 3.05) is 0 Å². The van der Waals surface area contributed by atoms with Crippen molar-refractivity contribution in [3.05, 3.63) is 24.4 Å². The van der Waals surface area contributed by atoms with Crippen molar-refractivity contribution >= 4 is 15.5 Å². The molecule has 0 N–H and O–H groups in total. The fraction of sp³-hybridized carbons (Fsp3) is 0. The van der Waals surface area contributed by atoms with Crippen LogP contribution in [0.25, 0.3) is 0 Å². The van der Waals surface area contributed by atoms with Gasteiger partial charge in [-0.25, -0.2) is 0 Å². The van der Waals surface area contributed by atoms with E-state index in [0.29, 0.717) is 0 Å². The smallest absolute Gasteiger partial charge is 0 e. The first kappa shape index (κ1) is 7.21. The van der Waals surface area contributed by atoms with Crippen molar-refractivity contribution in [3.63, 3.8) is 0 Å². The molecule has 1 rings (SSSR count). The fourth-order valence-corrected chi connectivity index (χ4v) is 0.300. The fourth-order valence-electron chi connectivity index (χ4n) is 0.300. The van der Waals surface area contributed by atoms with Crippen molar-refractivity contribution in [2.45, 2.75) is 0 Å². The van der Waals surface area contributed by atoms with Gasteiger partial charge < -0.3 is 0 Å². The average Bonchev–Trinajstić information content (AvgIpc) is 1.90. The normalized spacial score (nSPS) is 13.0. The van der Waals surface area contributed by atoms with E-state index in [4.69, 9.17) is 0 Å². The Morgan fingerprint density at radius 3 is 3.12 bits per heavy atom. The summed E-state index contributed by atoms with van der Waals surface area (Å²) in [6.45, 7) is 0. The van der Waals surface area contributed by atoms with Crippen LogP contribution in [0, 0.1) is 0 Å². The Bertz CT molecular complexity index is 116. The zero-order valence-electron chi connectivity index (χ0n) is 4.32. The van der Waals surface area contributed by atoms with E-state index in [1.807, 2.05) is 6.08 Å². The molecule has 0 amide bonds. The topological polar surface area (TPSA) is 21.6 Å². The Hall–Kier alpha value is -0.790. The van der Waals surface area contributed by atoms with E-state index in [9.17, 15) is 0 Å². The molecule has 1 aliphatic rings. The van der Waals surface area contributed by atoms with Gasteiger partial charge in [-0.15, -0.1) is 0 Å². The maximum absolute atomic E-state index is 4.52. The van der Waals surface area contributed by atoms with Crippen LogP contribution in [0.2, 0.25) is 0 Å². The second-order valence-electron chi connectivity index (χ2n) is 1.07. The molecule has 3 radical (unpaired) electrons. The summed E-state index contributed by atoms with van der Waals surface area (Å²) in [4.78, 5) is 4.52. The van der Waals surface area contributed by atoms with Crippen LogP contribution in [-0.4, -0.2) is 15.5 Å². The van der Waals surface area contributed by atoms with Crippen molar-refractivity contribution in [2.24, 2.45) is 5.06 Å². The second kappa shape index (κ2) is 4.37. The van der Waals surface area contributed by atoms with Gasteiger partial charge in [-0.3, -0.25) is 0 Å². The standard InChI is InChI=1S/C4H4BNO.B/c1-2-4-7-6-5-3-1;/h1-4H;. The summed E-state index contributed by atoms with van der Waals surface area (Å²) in [6.07, 6.45) is 5.13. The van der Waals surface area contributed by atoms with Crippen LogP contribution in [0.15, 0.2) is 29.4 Å². The molecule has 0 spiro atoms. The molecule has 0 saturated carbocycles. The summed E-state index contributed by atoms with van der Waals surface area (Å²) >= 11 is 0. The quantitative estimate of drug-likeness (QED) is 0.409. The third-order valence-corrected chi connectivity index (χ3v) is 0.569. The summed E-state index contributed by atoms with van der Waals surface area (Å²) in [5, 5.41) is 3.47. The number of hydrogen-bond acceptors (Lipinski definition) is 2. The van der Waals surface area contributed by atoms with Gasteiger partial charge in [0.05, 0.1) is 0 Å². The Morgan fingerprint density at radius 1 is 1.38 bits per heavy atom. The van der Waals surface area contributed by atoms with Crippen LogP contribution in [-0.2, 0) is 4.84 Å². The van der Waals surface area contributed by atoms with Crippen molar-refractivity contribution in [1.29, 1.82) is 0 Å². The summed E-state index contributed by atoms with van der Waals surface area (Å²) in [7, 11) is 1.58. The maximum atomic E-state index is 4.52. The van der Waals surface area contributed by atoms with Gasteiger partial charge in [0, 0.05) is 8.41 Å². The van der Waals surface area contributed by atoms with Crippen LogP contribution < -0.4 is 0 Å². The number of rotatable bonds is 0. The summed E-state index contributed by atoms with van der Waals surface area (Å²) < 4.78 is 0. The van der Waals surface area contributed by atoms with Crippen LogP contribution in [0.5, 0.6) is 0 Å². The molecule has 37 valence electrons. The van der Waals surface area contributed by atoms with E-state index in [0.717, 1.165) is 0 Å². The largest absolute Gasteiger partial charge is 0 e. The molecule has 2 nitrogen and oxygen atoms in total. The minimum Gasteiger partial charge on any atom is 0 e. The average molecular weight is 104 g/mol. The van der Waals surface area contributed by atoms with Gasteiger partial charge in [0.1, 0.15) is 0 Å². The summed E-state index contributed by atoms with van der Waals surface area (Å²) in [6, 6.07) is 0. The van der Waals surface area contributed by atoms with Gasteiger partial charge >= 0.3 is 41.4 Å². The van der Waals surface area contributed by atoms with Gasteiger partial charge in [-0.05, 0) is 0 Å². The van der Waals surface area contributed by atoms with Gasteiger partial charge in [-0.1, -0.05) is 0 Å². The van der Waals surface area contributed by atoms with E-state index < -0.39 is 0 Å². The minimum absolute atomic E-state index is 0. The van der Waals surface area contributed by atoms with Crippen molar-refractivity contribution < 1.29 is 4.84 Å². The zero-order chi connectivity index (χ0) is 4.95. The SMILES string of the molecule is B1=NOC=CC=C1.[B]. The zero-order valence-corrected chi connectivity index (χ0v) is 4.32. The molecular weight excluding hydrogens is 99.7 g/mol. The Labute approximate surface area is 50.7 Å². The predicted octanol–water partition coefficient (Wildman–Crippen LogP) is 0.466. The molecule has 0 unspecified atom stereocenters. The van der Waals surface area contributed by atoms with E-state index >= 15 is 0 Å². The molecule has 8 heavy (non-hydrogen) atoms. The van der Waals surface area contributed by atoms with Gasteiger partial charge in [0.15, 0.2) is 0 Å². The van der Waals surface area contributed by atoms with Crippen molar-refractivity contribution in [3.8, 4) is 0 Å². The van der Waals surface area contributed by atoms with Crippen molar-refractivity contribution in [1.82, 2.24) is 0 Å². The summed E-state index contributed by atoms with van der Waals surface area (Å²) in [5.74, 6) is 1.80. The number of nitrogens with zero attached hydrogens (tertiary/aromatic N) is 1. The third-order valence-electron chi connectivity index (χ3n) is 0.569. The molecule has 1 heterocycles. The Balaban J connectivity index is 0.000000490. The van der Waals surface area contributed by atoms with Crippen LogP contribution >= 0.6 is 0 Å². The predicted molar refractivity (Wildman–Crippen MR) is 33.3 cm³/mol. The first-order valence-electron chi connectivity index (χ1n) is 2.01. The second-order valence-corrected chi connectivity index (χ2v) is 1.07. The molecule has 1 aliphatic heterocycles. The molecule has 0 aliphatic carbocycles. The Morgan fingerprint density at radius 2 is 2.25 bits per heavy atom. The van der Waals surface area contributed by atoms with Gasteiger partial charge in [0.2, 0.25) is 0 Å². The van der Waals surface area contributed by atoms with E-state index in [1.165, 1.54) is 6.26 Å². The molecule has 4 heteroatoms. The molecule has 0 aromatic carbocycles. The molecule has 0 saturated heterocycles. The molecular formula is C4H4B2NO. The van der Waals surface area contributed by atoms with E-state index in [1.54, 1.807) is 19.1 Å². The van der Waals surface area contributed by atoms with Gasteiger partial charge in [-0.2, -0.15) is 0 Å². The maximum Gasteiger partial charge on any atom is 0 e. The number of allylic oxidation sites excluding steroid dienone is 2. The minimum atomic E-state index is 0. The molecule has 0 fully saturated rings. The monoisotopic (exact) mass is 104 g/mol.